The first-order chi connectivity index (χ1) is 27.7. The molecule has 0 aliphatic heterocycles. The Balaban J connectivity index is 0.00000408. The minimum atomic E-state index is -0.0887. The quantitative estimate of drug-likeness (QED) is 0.128. The van der Waals surface area contributed by atoms with Crippen molar-refractivity contribution in [3.63, 3.8) is 0 Å². The number of hydrogen-bond donors (Lipinski definition) is 0. The summed E-state index contributed by atoms with van der Waals surface area (Å²) in [4.78, 5) is 5.12. The van der Waals surface area contributed by atoms with Gasteiger partial charge in [0.2, 0.25) is 6.33 Å². The summed E-state index contributed by atoms with van der Waals surface area (Å²) < 4.78 is 17.5. The topological polar surface area (TPSA) is 45.7 Å². The number of ether oxygens (including phenoxy) is 1. The first-order valence-corrected chi connectivity index (χ1v) is 19.3. The SMILES string of the molecule is Cn1[c-][n+](-c2[c-]c(Oc3[c-]c4c(cc3)c3c5c6ccccc6n(-c6ccccc6)c5c5c(c6ccccc6n5C)c3n4-c3cc(C(C)(C)C)ccn3)ccc2)cc1.[Pt]. The normalized spacial score (nSPS) is 12.1. The molecule has 0 aliphatic rings. The van der Waals surface area contributed by atoms with Gasteiger partial charge in [-0.15, -0.1) is 29.7 Å². The van der Waals surface area contributed by atoms with Gasteiger partial charge in [-0.25, -0.2) is 4.98 Å². The molecule has 0 radical (unpaired) electrons. The Labute approximate surface area is 350 Å². The van der Waals surface area contributed by atoms with Crippen molar-refractivity contribution in [1.29, 1.82) is 0 Å². The molecule has 0 unspecified atom stereocenters. The number of hydrogen-bond acceptors (Lipinski definition) is 2. The predicted octanol–water partition coefficient (Wildman–Crippen LogP) is 11.0. The second kappa shape index (κ2) is 13.3. The van der Waals surface area contributed by atoms with Gasteiger partial charge in [-0.2, -0.15) is 18.2 Å². The van der Waals surface area contributed by atoms with Crippen LogP contribution >= 0.6 is 0 Å². The molecule has 5 heterocycles. The number of nitrogens with zero attached hydrogens (tertiary/aromatic N) is 6. The Hall–Kier alpha value is -6.43. The summed E-state index contributed by atoms with van der Waals surface area (Å²) in [6.07, 6.45) is 9.10. The molecule has 0 atom stereocenters. The Morgan fingerprint density at radius 1 is 0.638 bits per heavy atom. The first kappa shape index (κ1) is 35.9. The molecule has 0 saturated heterocycles. The van der Waals surface area contributed by atoms with Crippen molar-refractivity contribution in [2.24, 2.45) is 14.1 Å². The number of imidazole rings is 1. The molecular weight excluding hydrogens is 896 g/mol. The van der Waals surface area contributed by atoms with Crippen LogP contribution in [0, 0.1) is 18.5 Å². The maximum Gasteiger partial charge on any atom is 0.241 e. The van der Waals surface area contributed by atoms with Crippen LogP contribution in [-0.4, -0.2) is 23.3 Å². The molecule has 0 bridgehead atoms. The summed E-state index contributed by atoms with van der Waals surface area (Å²) in [5.74, 6) is 2.01. The zero-order valence-corrected chi connectivity index (χ0v) is 35.0. The molecule has 8 heteroatoms. The van der Waals surface area contributed by atoms with Gasteiger partial charge < -0.3 is 27.6 Å². The van der Waals surface area contributed by atoms with Gasteiger partial charge in [-0.1, -0.05) is 86.6 Å². The van der Waals surface area contributed by atoms with E-state index < -0.39 is 0 Å². The second-order valence-corrected chi connectivity index (χ2v) is 15.9. The number of aryl methyl sites for hydroxylation is 2. The summed E-state index contributed by atoms with van der Waals surface area (Å²) in [5, 5.41) is 6.96. The number of para-hydroxylation sites is 3. The van der Waals surface area contributed by atoms with Gasteiger partial charge in [-0.3, -0.25) is 0 Å². The Morgan fingerprint density at radius 2 is 1.34 bits per heavy atom. The molecule has 0 N–H and O–H groups in total. The number of rotatable bonds is 5. The molecule has 11 rings (SSSR count). The molecule has 7 nitrogen and oxygen atoms in total. The van der Waals surface area contributed by atoms with E-state index in [-0.39, 0.29) is 26.5 Å². The van der Waals surface area contributed by atoms with E-state index in [0.29, 0.717) is 11.5 Å². The minimum Gasteiger partial charge on any atom is -0.510 e. The maximum atomic E-state index is 6.61. The maximum absolute atomic E-state index is 6.61. The van der Waals surface area contributed by atoms with Gasteiger partial charge in [0.15, 0.2) is 0 Å². The average Bonchev–Trinajstić information content (AvgIpc) is 3.98. The van der Waals surface area contributed by atoms with Crippen LogP contribution in [0.4, 0.5) is 0 Å². The fraction of sp³-hybridized carbons (Fsp3) is 0.120. The molecule has 0 saturated carbocycles. The fourth-order valence-electron chi connectivity index (χ4n) is 8.74. The van der Waals surface area contributed by atoms with Crippen molar-refractivity contribution in [1.82, 2.24) is 23.3 Å². The molecule has 0 fully saturated rings. The van der Waals surface area contributed by atoms with E-state index in [9.17, 15) is 0 Å². The van der Waals surface area contributed by atoms with Crippen molar-refractivity contribution in [2.45, 2.75) is 26.2 Å². The van der Waals surface area contributed by atoms with Crippen LogP contribution in [0.1, 0.15) is 26.3 Å². The first-order valence-electron chi connectivity index (χ1n) is 19.3. The van der Waals surface area contributed by atoms with Crippen LogP contribution in [0.25, 0.3) is 82.6 Å². The molecular formula is C50H38N6OPt-2. The zero-order valence-electron chi connectivity index (χ0n) is 32.7. The number of fused-ring (bicyclic) bond motifs is 12. The van der Waals surface area contributed by atoms with Crippen LogP contribution in [0.3, 0.4) is 0 Å². The van der Waals surface area contributed by atoms with Crippen molar-refractivity contribution < 1.29 is 30.4 Å². The van der Waals surface area contributed by atoms with E-state index in [0.717, 1.165) is 55.5 Å². The summed E-state index contributed by atoms with van der Waals surface area (Å²) in [5.41, 5.74) is 9.69. The van der Waals surface area contributed by atoms with Gasteiger partial charge in [0.25, 0.3) is 0 Å². The minimum absolute atomic E-state index is 0. The van der Waals surface area contributed by atoms with Crippen LogP contribution in [0.15, 0.2) is 140 Å². The van der Waals surface area contributed by atoms with E-state index in [1.165, 1.54) is 32.6 Å². The zero-order chi connectivity index (χ0) is 38.6. The third-order valence-electron chi connectivity index (χ3n) is 11.3. The largest absolute Gasteiger partial charge is 0.510 e. The van der Waals surface area contributed by atoms with E-state index >= 15 is 0 Å². The molecule has 58 heavy (non-hydrogen) atoms. The molecule has 0 spiro atoms. The van der Waals surface area contributed by atoms with Crippen molar-refractivity contribution in [3.8, 4) is 28.7 Å². The Bertz CT molecular complexity index is 3400. The second-order valence-electron chi connectivity index (χ2n) is 15.9. The van der Waals surface area contributed by atoms with Crippen LogP contribution in [-0.2, 0) is 40.6 Å². The monoisotopic (exact) mass is 933 g/mol. The molecule has 0 amide bonds. The fourth-order valence-corrected chi connectivity index (χ4v) is 8.74. The standard InChI is InChI=1S/C50H38N6O.Pt/c1-50(2,3)32-24-25-51-43(28-32)56-42-30-36(57-35-17-13-16-34(29-35)54-27-26-52(4)31-54)22-23-39(42)44-45-38-19-10-12-21-41(38)55(33-14-7-6-8-15-33)49(45)48-46(47(44)56)37-18-9-11-20-40(37)53(48)5;/h6-28H,1-5H3;/q-2;. The van der Waals surface area contributed by atoms with Crippen LogP contribution in [0.2, 0.25) is 0 Å². The summed E-state index contributed by atoms with van der Waals surface area (Å²) >= 11 is 0. The summed E-state index contributed by atoms with van der Waals surface area (Å²) in [7, 11) is 4.15. The summed E-state index contributed by atoms with van der Waals surface area (Å²) in [6.45, 7) is 6.74. The Morgan fingerprint density at radius 3 is 2.10 bits per heavy atom. The van der Waals surface area contributed by atoms with E-state index in [2.05, 4.69) is 157 Å². The van der Waals surface area contributed by atoms with E-state index in [1.807, 2.05) is 59.0 Å². The van der Waals surface area contributed by atoms with Crippen molar-refractivity contribution >= 4 is 65.4 Å². The Kier molecular flexibility index (Phi) is 8.26. The number of pyridine rings is 1. The molecule has 5 aromatic heterocycles. The third kappa shape index (κ3) is 5.37. The van der Waals surface area contributed by atoms with Gasteiger partial charge in [0.1, 0.15) is 5.82 Å². The average molecular weight is 934 g/mol. The molecule has 6 aromatic carbocycles. The van der Waals surface area contributed by atoms with Crippen molar-refractivity contribution in [2.75, 3.05) is 0 Å². The van der Waals surface area contributed by atoms with Crippen LogP contribution < -0.4 is 9.30 Å². The van der Waals surface area contributed by atoms with Gasteiger partial charge in [-0.05, 0) is 52.8 Å². The smallest absolute Gasteiger partial charge is 0.241 e. The van der Waals surface area contributed by atoms with Crippen LogP contribution in [0.5, 0.6) is 11.5 Å². The molecule has 286 valence electrons. The summed E-state index contributed by atoms with van der Waals surface area (Å²) in [6, 6.07) is 49.9. The third-order valence-corrected chi connectivity index (χ3v) is 11.3. The van der Waals surface area contributed by atoms with Gasteiger partial charge >= 0.3 is 0 Å². The van der Waals surface area contributed by atoms with Crippen molar-refractivity contribution in [3.05, 3.63) is 164 Å². The van der Waals surface area contributed by atoms with Gasteiger partial charge in [0.05, 0.1) is 29.1 Å². The molecule has 0 aliphatic carbocycles. The molecule has 11 aromatic rings. The van der Waals surface area contributed by atoms with E-state index in [4.69, 9.17) is 9.72 Å². The number of benzene rings is 6. The predicted molar refractivity (Wildman–Crippen MR) is 229 cm³/mol. The van der Waals surface area contributed by atoms with E-state index in [1.54, 1.807) is 0 Å². The number of aromatic nitrogens is 6. The van der Waals surface area contributed by atoms with Gasteiger partial charge in [0, 0.05) is 91.0 Å².